The number of para-hydroxylation sites is 1. The van der Waals surface area contributed by atoms with Crippen LogP contribution in [-0.4, -0.2) is 25.2 Å². The minimum Gasteiger partial charge on any atom is -0.314 e. The summed E-state index contributed by atoms with van der Waals surface area (Å²) in [5, 5.41) is 8.92. The van der Waals surface area contributed by atoms with Crippen LogP contribution in [0.15, 0.2) is 78.9 Å². The van der Waals surface area contributed by atoms with E-state index in [4.69, 9.17) is 0 Å². The molecule has 1 aliphatic rings. The van der Waals surface area contributed by atoms with Crippen LogP contribution in [-0.2, 0) is 4.79 Å². The molecule has 0 radical (unpaired) electrons. The molecular formula is C24H24N4O2. The first-order valence-corrected chi connectivity index (χ1v) is 9.84. The lowest BCUT2D eigenvalue weighted by molar-refractivity contribution is -0.120. The Morgan fingerprint density at radius 1 is 0.967 bits per heavy atom. The smallest absolute Gasteiger partial charge is 0.314 e. The van der Waals surface area contributed by atoms with Crippen molar-refractivity contribution in [2.75, 3.05) is 17.3 Å². The highest BCUT2D eigenvalue weighted by molar-refractivity contribution is 6.01. The van der Waals surface area contributed by atoms with Gasteiger partial charge in [0.05, 0.1) is 6.04 Å². The standard InChI is InChI=1S/C24H24N4O2/c1-16-9-8-12-18(15-16)25-24(30)27-22-23(29)28(2)20-14-7-6-13-19(20)21(26-22)17-10-4-3-5-11-17/h3-15,21-22,26H,1-2H3,(H2,25,27,30)/t21?,22-/m1/s1. The van der Waals surface area contributed by atoms with Gasteiger partial charge < -0.3 is 15.5 Å². The van der Waals surface area contributed by atoms with Crippen molar-refractivity contribution in [3.8, 4) is 0 Å². The number of hydrogen-bond donors (Lipinski definition) is 3. The van der Waals surface area contributed by atoms with E-state index < -0.39 is 12.2 Å². The number of aryl methyl sites for hydroxylation is 1. The van der Waals surface area contributed by atoms with Crippen molar-refractivity contribution in [2.24, 2.45) is 0 Å². The second kappa shape index (κ2) is 8.39. The Labute approximate surface area is 175 Å². The summed E-state index contributed by atoms with van der Waals surface area (Å²) in [6.07, 6.45) is -0.891. The van der Waals surface area contributed by atoms with Crippen LogP contribution in [0.2, 0.25) is 0 Å². The number of likely N-dealkylation sites (N-methyl/N-ethyl adjacent to an activating group) is 1. The number of nitrogens with one attached hydrogen (secondary N) is 3. The Bertz CT molecular complexity index is 1070. The van der Waals surface area contributed by atoms with E-state index in [-0.39, 0.29) is 11.9 Å². The molecule has 4 rings (SSSR count). The van der Waals surface area contributed by atoms with E-state index in [2.05, 4.69) is 16.0 Å². The number of benzene rings is 3. The molecule has 0 aliphatic carbocycles. The van der Waals surface area contributed by atoms with Crippen LogP contribution in [0.3, 0.4) is 0 Å². The Balaban J connectivity index is 1.62. The van der Waals surface area contributed by atoms with Gasteiger partial charge >= 0.3 is 6.03 Å². The summed E-state index contributed by atoms with van der Waals surface area (Å²) >= 11 is 0. The zero-order valence-corrected chi connectivity index (χ0v) is 16.9. The number of carbonyl (C=O) groups excluding carboxylic acids is 2. The number of amides is 3. The van der Waals surface area contributed by atoms with Crippen molar-refractivity contribution in [1.82, 2.24) is 10.6 Å². The summed E-state index contributed by atoms with van der Waals surface area (Å²) < 4.78 is 0. The minimum absolute atomic E-state index is 0.236. The second-order valence-electron chi connectivity index (χ2n) is 7.37. The van der Waals surface area contributed by atoms with Crippen molar-refractivity contribution in [3.05, 3.63) is 95.6 Å². The molecule has 1 heterocycles. The number of urea groups is 1. The monoisotopic (exact) mass is 400 g/mol. The van der Waals surface area contributed by atoms with Crippen LogP contribution >= 0.6 is 0 Å². The molecule has 3 aromatic rings. The summed E-state index contributed by atoms with van der Waals surface area (Å²) in [4.78, 5) is 27.4. The highest BCUT2D eigenvalue weighted by Gasteiger charge is 2.34. The van der Waals surface area contributed by atoms with E-state index in [1.165, 1.54) is 0 Å². The third kappa shape index (κ3) is 4.04. The molecule has 0 aromatic heterocycles. The molecule has 3 aromatic carbocycles. The number of carbonyl (C=O) groups is 2. The van der Waals surface area contributed by atoms with Gasteiger partial charge in [0, 0.05) is 18.4 Å². The van der Waals surface area contributed by atoms with Gasteiger partial charge in [-0.05, 0) is 41.8 Å². The summed E-state index contributed by atoms with van der Waals surface area (Å²) in [5.41, 5.74) is 4.51. The molecule has 0 saturated heterocycles. The number of rotatable bonds is 3. The lowest BCUT2D eigenvalue weighted by atomic mass is 9.97. The van der Waals surface area contributed by atoms with Crippen molar-refractivity contribution in [1.29, 1.82) is 0 Å². The van der Waals surface area contributed by atoms with Crippen LogP contribution < -0.4 is 20.9 Å². The van der Waals surface area contributed by atoms with E-state index in [9.17, 15) is 9.59 Å². The van der Waals surface area contributed by atoms with Crippen LogP contribution in [0.4, 0.5) is 16.2 Å². The van der Waals surface area contributed by atoms with Crippen LogP contribution in [0, 0.1) is 6.92 Å². The maximum atomic E-state index is 13.1. The first-order valence-electron chi connectivity index (χ1n) is 9.84. The van der Waals surface area contributed by atoms with E-state index in [0.29, 0.717) is 5.69 Å². The molecule has 152 valence electrons. The number of nitrogens with zero attached hydrogens (tertiary/aromatic N) is 1. The third-order valence-electron chi connectivity index (χ3n) is 5.20. The molecular weight excluding hydrogens is 376 g/mol. The van der Waals surface area contributed by atoms with Gasteiger partial charge in [0.25, 0.3) is 5.91 Å². The summed E-state index contributed by atoms with van der Waals surface area (Å²) in [6, 6.07) is 24.5. The summed E-state index contributed by atoms with van der Waals surface area (Å²) in [7, 11) is 1.73. The van der Waals surface area contributed by atoms with Gasteiger partial charge in [0.15, 0.2) is 6.17 Å². The molecule has 3 amide bonds. The average Bonchev–Trinajstić information content (AvgIpc) is 2.85. The van der Waals surface area contributed by atoms with Crippen molar-refractivity contribution >= 4 is 23.3 Å². The fourth-order valence-corrected chi connectivity index (χ4v) is 3.72. The maximum absolute atomic E-state index is 13.1. The zero-order valence-electron chi connectivity index (χ0n) is 16.9. The van der Waals surface area contributed by atoms with Gasteiger partial charge in [0.2, 0.25) is 0 Å². The number of hydrogen-bond acceptors (Lipinski definition) is 3. The predicted molar refractivity (Wildman–Crippen MR) is 118 cm³/mol. The average molecular weight is 400 g/mol. The fourth-order valence-electron chi connectivity index (χ4n) is 3.72. The number of anilines is 2. The lowest BCUT2D eigenvalue weighted by Crippen LogP contribution is -2.55. The molecule has 30 heavy (non-hydrogen) atoms. The Morgan fingerprint density at radius 3 is 2.47 bits per heavy atom. The van der Waals surface area contributed by atoms with Crippen LogP contribution in [0.5, 0.6) is 0 Å². The van der Waals surface area contributed by atoms with E-state index in [0.717, 1.165) is 22.4 Å². The van der Waals surface area contributed by atoms with E-state index in [1.54, 1.807) is 11.9 Å². The van der Waals surface area contributed by atoms with Gasteiger partial charge in [-0.2, -0.15) is 0 Å². The van der Waals surface area contributed by atoms with E-state index >= 15 is 0 Å². The zero-order chi connectivity index (χ0) is 21.1. The quantitative estimate of drug-likeness (QED) is 0.626. The minimum atomic E-state index is -0.891. The van der Waals surface area contributed by atoms with Gasteiger partial charge in [-0.25, -0.2) is 4.79 Å². The van der Waals surface area contributed by atoms with Gasteiger partial charge in [-0.1, -0.05) is 60.7 Å². The molecule has 3 N–H and O–H groups in total. The molecule has 1 aliphatic heterocycles. The molecule has 0 saturated carbocycles. The van der Waals surface area contributed by atoms with Crippen molar-refractivity contribution in [2.45, 2.75) is 19.1 Å². The first-order chi connectivity index (χ1) is 14.5. The lowest BCUT2D eigenvalue weighted by Gasteiger charge is -2.24. The summed E-state index contributed by atoms with van der Waals surface area (Å²) in [5.74, 6) is -0.236. The van der Waals surface area contributed by atoms with Gasteiger partial charge in [-0.3, -0.25) is 10.1 Å². The Kier molecular flexibility index (Phi) is 5.50. The molecule has 0 spiro atoms. The SMILES string of the molecule is Cc1cccc(NC(=O)N[C@H]2NC(c3ccccc3)c3ccccc3N(C)C2=O)c1. The van der Waals surface area contributed by atoms with Gasteiger partial charge in [-0.15, -0.1) is 0 Å². The second-order valence-corrected chi connectivity index (χ2v) is 7.37. The molecule has 2 atom stereocenters. The molecule has 1 unspecified atom stereocenters. The Hall–Kier alpha value is -3.64. The topological polar surface area (TPSA) is 73.5 Å². The third-order valence-corrected chi connectivity index (χ3v) is 5.20. The molecule has 6 nitrogen and oxygen atoms in total. The van der Waals surface area contributed by atoms with Crippen LogP contribution in [0.1, 0.15) is 22.7 Å². The predicted octanol–water partition coefficient (Wildman–Crippen LogP) is 3.80. The highest BCUT2D eigenvalue weighted by Crippen LogP contribution is 2.33. The Morgan fingerprint density at radius 2 is 1.70 bits per heavy atom. The normalized spacial score (nSPS) is 18.3. The highest BCUT2D eigenvalue weighted by atomic mass is 16.2. The molecule has 0 bridgehead atoms. The van der Waals surface area contributed by atoms with Gasteiger partial charge in [0.1, 0.15) is 0 Å². The molecule has 0 fully saturated rings. The summed E-state index contributed by atoms with van der Waals surface area (Å²) in [6.45, 7) is 1.95. The van der Waals surface area contributed by atoms with E-state index in [1.807, 2.05) is 85.8 Å². The first kappa shape index (κ1) is 19.7. The largest absolute Gasteiger partial charge is 0.320 e. The fraction of sp³-hybridized carbons (Fsp3) is 0.167. The van der Waals surface area contributed by atoms with Crippen molar-refractivity contribution < 1.29 is 9.59 Å². The van der Waals surface area contributed by atoms with Crippen molar-refractivity contribution in [3.63, 3.8) is 0 Å². The number of fused-ring (bicyclic) bond motifs is 1. The molecule has 6 heteroatoms. The maximum Gasteiger partial charge on any atom is 0.320 e. The van der Waals surface area contributed by atoms with Crippen LogP contribution in [0.25, 0.3) is 0 Å².